The van der Waals surface area contributed by atoms with Gasteiger partial charge < -0.3 is 10.0 Å². The summed E-state index contributed by atoms with van der Waals surface area (Å²) in [6.07, 6.45) is 3.10. The molecule has 0 aliphatic carbocycles. The van der Waals surface area contributed by atoms with Gasteiger partial charge in [-0.1, -0.05) is 31.9 Å². The molecule has 18 heavy (non-hydrogen) atoms. The van der Waals surface area contributed by atoms with Crippen molar-refractivity contribution in [1.29, 1.82) is 0 Å². The van der Waals surface area contributed by atoms with Gasteiger partial charge >= 0.3 is 5.97 Å². The van der Waals surface area contributed by atoms with E-state index < -0.39 is 5.97 Å². The lowest BCUT2D eigenvalue weighted by Gasteiger charge is -2.18. The first kappa shape index (κ1) is 14.2. The van der Waals surface area contributed by atoms with Crippen LogP contribution in [-0.4, -0.2) is 35.5 Å². The van der Waals surface area contributed by atoms with E-state index in [-0.39, 0.29) is 17.0 Å². The average Bonchev–Trinajstić information content (AvgIpc) is 2.38. The van der Waals surface area contributed by atoms with Crippen molar-refractivity contribution < 1.29 is 14.7 Å². The van der Waals surface area contributed by atoms with Gasteiger partial charge in [0.15, 0.2) is 0 Å². The molecule has 0 saturated heterocycles. The molecule has 1 rings (SSSR count). The fourth-order valence-corrected chi connectivity index (χ4v) is 1.76. The highest BCUT2D eigenvalue weighted by Crippen LogP contribution is 2.12. The van der Waals surface area contributed by atoms with Gasteiger partial charge in [-0.15, -0.1) is 0 Å². The summed E-state index contributed by atoms with van der Waals surface area (Å²) in [6, 6.07) is 6.31. The van der Waals surface area contributed by atoms with E-state index in [2.05, 4.69) is 6.92 Å². The Bertz CT molecular complexity index is 429. The molecular formula is C14H19NO3. The maximum absolute atomic E-state index is 12.1. The molecular weight excluding hydrogens is 230 g/mol. The summed E-state index contributed by atoms with van der Waals surface area (Å²) in [7, 11) is 1.70. The molecule has 4 nitrogen and oxygen atoms in total. The molecule has 0 fully saturated rings. The number of nitrogens with zero attached hydrogens (tertiary/aromatic N) is 1. The molecule has 0 aliphatic heterocycles. The van der Waals surface area contributed by atoms with E-state index in [1.165, 1.54) is 6.07 Å². The zero-order valence-electron chi connectivity index (χ0n) is 10.8. The van der Waals surface area contributed by atoms with Gasteiger partial charge in [-0.25, -0.2) is 4.79 Å². The van der Waals surface area contributed by atoms with Crippen molar-refractivity contribution in [2.75, 3.05) is 13.6 Å². The Hall–Kier alpha value is -1.84. The summed E-state index contributed by atoms with van der Waals surface area (Å²) in [4.78, 5) is 24.7. The van der Waals surface area contributed by atoms with Crippen LogP contribution < -0.4 is 0 Å². The number of amides is 1. The molecule has 0 bridgehead atoms. The molecule has 1 amide bonds. The molecule has 0 unspecified atom stereocenters. The number of unbranched alkanes of at least 4 members (excludes halogenated alkanes) is 2. The van der Waals surface area contributed by atoms with E-state index in [0.29, 0.717) is 6.54 Å². The van der Waals surface area contributed by atoms with Crippen molar-refractivity contribution in [3.05, 3.63) is 35.4 Å². The van der Waals surface area contributed by atoms with E-state index in [1.807, 2.05) is 0 Å². The summed E-state index contributed by atoms with van der Waals surface area (Å²) in [5.41, 5.74) is 0.314. The number of rotatable bonds is 6. The molecule has 0 radical (unpaired) electrons. The molecule has 1 aromatic carbocycles. The lowest BCUT2D eigenvalue weighted by Crippen LogP contribution is -2.29. The number of hydrogen-bond donors (Lipinski definition) is 1. The summed E-state index contributed by atoms with van der Waals surface area (Å²) in [5.74, 6) is -1.30. The Balaban J connectivity index is 2.80. The second-order valence-electron chi connectivity index (χ2n) is 4.28. The first-order valence-electron chi connectivity index (χ1n) is 6.15. The van der Waals surface area contributed by atoms with Crippen LogP contribution in [0.1, 0.15) is 46.9 Å². The molecule has 1 N–H and O–H groups in total. The van der Waals surface area contributed by atoms with Crippen LogP contribution in [0.4, 0.5) is 0 Å². The second kappa shape index (κ2) is 6.79. The first-order valence-corrected chi connectivity index (χ1v) is 6.15. The monoisotopic (exact) mass is 249 g/mol. The van der Waals surface area contributed by atoms with Crippen molar-refractivity contribution in [3.8, 4) is 0 Å². The van der Waals surface area contributed by atoms with Gasteiger partial charge in [-0.05, 0) is 18.6 Å². The minimum atomic E-state index is -1.07. The van der Waals surface area contributed by atoms with Crippen LogP contribution in [0.25, 0.3) is 0 Å². The average molecular weight is 249 g/mol. The van der Waals surface area contributed by atoms with Crippen LogP contribution in [-0.2, 0) is 0 Å². The Kier molecular flexibility index (Phi) is 5.36. The van der Waals surface area contributed by atoms with E-state index >= 15 is 0 Å². The number of benzene rings is 1. The van der Waals surface area contributed by atoms with Gasteiger partial charge in [0.1, 0.15) is 0 Å². The molecule has 0 atom stereocenters. The van der Waals surface area contributed by atoms with Crippen molar-refractivity contribution in [3.63, 3.8) is 0 Å². The van der Waals surface area contributed by atoms with Crippen LogP contribution in [0, 0.1) is 0 Å². The maximum Gasteiger partial charge on any atom is 0.336 e. The molecule has 98 valence electrons. The van der Waals surface area contributed by atoms with Gasteiger partial charge in [0.25, 0.3) is 5.91 Å². The quantitative estimate of drug-likeness (QED) is 0.788. The highest BCUT2D eigenvalue weighted by atomic mass is 16.4. The molecule has 0 saturated carbocycles. The largest absolute Gasteiger partial charge is 0.478 e. The van der Waals surface area contributed by atoms with Crippen LogP contribution in [0.15, 0.2) is 24.3 Å². The minimum absolute atomic E-state index is 0.0600. The van der Waals surface area contributed by atoms with Gasteiger partial charge in [0.2, 0.25) is 0 Å². The van der Waals surface area contributed by atoms with Crippen molar-refractivity contribution in [2.45, 2.75) is 26.2 Å². The lowest BCUT2D eigenvalue weighted by atomic mass is 10.1. The van der Waals surface area contributed by atoms with Crippen molar-refractivity contribution >= 4 is 11.9 Å². The number of carbonyl (C=O) groups excluding carboxylic acids is 1. The summed E-state index contributed by atoms with van der Waals surface area (Å²) in [6.45, 7) is 2.75. The normalized spacial score (nSPS) is 10.1. The lowest BCUT2D eigenvalue weighted by molar-refractivity contribution is 0.0681. The third kappa shape index (κ3) is 3.58. The Morgan fingerprint density at radius 2 is 1.78 bits per heavy atom. The fraction of sp³-hybridized carbons (Fsp3) is 0.429. The maximum atomic E-state index is 12.1. The summed E-state index contributed by atoms with van der Waals surface area (Å²) in [5, 5.41) is 9.04. The van der Waals surface area contributed by atoms with Crippen LogP contribution in [0.3, 0.4) is 0 Å². The molecule has 0 aliphatic rings. The molecule has 0 spiro atoms. The van der Waals surface area contributed by atoms with Crippen LogP contribution in [0.2, 0.25) is 0 Å². The standard InChI is InChI=1S/C14H19NO3/c1-3-4-7-10-15(2)13(16)11-8-5-6-9-12(11)14(17)18/h5-6,8-9H,3-4,7,10H2,1-2H3,(H,17,18). The zero-order chi connectivity index (χ0) is 13.5. The highest BCUT2D eigenvalue weighted by molar-refractivity contribution is 6.04. The topological polar surface area (TPSA) is 57.6 Å². The van der Waals surface area contributed by atoms with Crippen molar-refractivity contribution in [2.24, 2.45) is 0 Å². The number of carbonyl (C=O) groups is 2. The molecule has 0 aromatic heterocycles. The van der Waals surface area contributed by atoms with E-state index in [0.717, 1.165) is 19.3 Å². The SMILES string of the molecule is CCCCCN(C)C(=O)c1ccccc1C(=O)O. The van der Waals surface area contributed by atoms with E-state index in [9.17, 15) is 9.59 Å². The number of aromatic carboxylic acids is 1. The Morgan fingerprint density at radius 1 is 1.17 bits per heavy atom. The molecule has 1 aromatic rings. The van der Waals surface area contributed by atoms with Gasteiger partial charge in [0, 0.05) is 13.6 Å². The molecule has 0 heterocycles. The van der Waals surface area contributed by atoms with Gasteiger partial charge in [-0.2, -0.15) is 0 Å². The predicted octanol–water partition coefficient (Wildman–Crippen LogP) is 2.65. The fourth-order valence-electron chi connectivity index (χ4n) is 1.76. The van der Waals surface area contributed by atoms with Gasteiger partial charge in [-0.3, -0.25) is 4.79 Å². The third-order valence-corrected chi connectivity index (χ3v) is 2.83. The van der Waals surface area contributed by atoms with E-state index in [1.54, 1.807) is 30.1 Å². The highest BCUT2D eigenvalue weighted by Gasteiger charge is 2.18. The Morgan fingerprint density at radius 3 is 2.33 bits per heavy atom. The molecule has 4 heteroatoms. The van der Waals surface area contributed by atoms with Gasteiger partial charge in [0.05, 0.1) is 11.1 Å². The number of carboxylic acid groups (broad SMARTS) is 1. The first-order chi connectivity index (χ1) is 8.57. The predicted molar refractivity (Wildman–Crippen MR) is 69.9 cm³/mol. The Labute approximate surface area is 107 Å². The smallest absolute Gasteiger partial charge is 0.336 e. The third-order valence-electron chi connectivity index (χ3n) is 2.83. The number of carboxylic acids is 1. The van der Waals surface area contributed by atoms with E-state index in [4.69, 9.17) is 5.11 Å². The van der Waals surface area contributed by atoms with Crippen LogP contribution >= 0.6 is 0 Å². The number of hydrogen-bond acceptors (Lipinski definition) is 2. The summed E-state index contributed by atoms with van der Waals surface area (Å²) >= 11 is 0. The van der Waals surface area contributed by atoms with Crippen LogP contribution in [0.5, 0.6) is 0 Å². The minimum Gasteiger partial charge on any atom is -0.478 e. The summed E-state index contributed by atoms with van der Waals surface area (Å²) < 4.78 is 0. The zero-order valence-corrected chi connectivity index (χ0v) is 10.8. The van der Waals surface area contributed by atoms with Crippen molar-refractivity contribution in [1.82, 2.24) is 4.90 Å². The second-order valence-corrected chi connectivity index (χ2v) is 4.28.